The number of nitrogens with zero attached hydrogens (tertiary/aromatic N) is 1. The third kappa shape index (κ3) is 2.95. The van der Waals surface area contributed by atoms with Crippen molar-refractivity contribution in [3.8, 4) is 11.5 Å². The highest BCUT2D eigenvalue weighted by atomic mass is 16.5. The minimum Gasteiger partial charge on any atom is -0.493 e. The minimum absolute atomic E-state index is 0.0832. The van der Waals surface area contributed by atoms with Crippen LogP contribution in [0.2, 0.25) is 0 Å². The van der Waals surface area contributed by atoms with E-state index in [0.29, 0.717) is 24.5 Å². The monoisotopic (exact) mass is 406 g/mol. The number of hydrogen-bond acceptors (Lipinski definition) is 4. The standard InChI is InChI=1S/C25H30N2O3/c1-6-17-7-9-20-19(15-17)24(2,3)25(26-23(28)12-14-27(20)25)13-11-18-8-10-21(29-4)22(16-18)30-5/h7-11,13,15-16H,6,12,14H2,1-5H3,(H,26,28)/b13-11+/t25-/m1/s1. The molecule has 1 amide bonds. The first-order valence-corrected chi connectivity index (χ1v) is 10.5. The molecule has 5 heteroatoms. The van der Waals surface area contributed by atoms with Crippen LogP contribution in [0.4, 0.5) is 5.69 Å². The van der Waals surface area contributed by atoms with Crippen molar-refractivity contribution in [3.05, 3.63) is 59.2 Å². The fourth-order valence-electron chi connectivity index (χ4n) is 4.79. The molecule has 0 spiro atoms. The van der Waals surface area contributed by atoms with Crippen LogP contribution < -0.4 is 19.7 Å². The lowest BCUT2D eigenvalue weighted by atomic mass is 9.74. The van der Waals surface area contributed by atoms with Gasteiger partial charge in [-0.25, -0.2) is 0 Å². The van der Waals surface area contributed by atoms with Gasteiger partial charge in [-0.2, -0.15) is 0 Å². The summed E-state index contributed by atoms with van der Waals surface area (Å²) in [6.45, 7) is 7.31. The Morgan fingerprint density at radius 1 is 1.10 bits per heavy atom. The van der Waals surface area contributed by atoms with E-state index in [1.807, 2.05) is 18.2 Å². The number of rotatable bonds is 5. The van der Waals surface area contributed by atoms with E-state index in [4.69, 9.17) is 9.47 Å². The van der Waals surface area contributed by atoms with E-state index in [2.05, 4.69) is 61.3 Å². The predicted molar refractivity (Wildman–Crippen MR) is 120 cm³/mol. The first-order valence-electron chi connectivity index (χ1n) is 10.5. The average Bonchev–Trinajstić information content (AvgIpc) is 2.95. The summed E-state index contributed by atoms with van der Waals surface area (Å²) in [5.74, 6) is 1.46. The van der Waals surface area contributed by atoms with Crippen molar-refractivity contribution in [2.75, 3.05) is 25.7 Å². The average molecular weight is 407 g/mol. The molecule has 1 fully saturated rings. The third-order valence-corrected chi connectivity index (χ3v) is 6.63. The molecule has 2 aromatic carbocycles. The molecule has 2 heterocycles. The molecule has 1 saturated heterocycles. The van der Waals surface area contributed by atoms with Gasteiger partial charge in [0.05, 0.1) is 14.2 Å². The second-order valence-corrected chi connectivity index (χ2v) is 8.49. The number of fused-ring (bicyclic) bond motifs is 3. The maximum Gasteiger partial charge on any atom is 0.223 e. The van der Waals surface area contributed by atoms with Crippen LogP contribution in [0.5, 0.6) is 11.5 Å². The molecule has 30 heavy (non-hydrogen) atoms. The quantitative estimate of drug-likeness (QED) is 0.805. The predicted octanol–water partition coefficient (Wildman–Crippen LogP) is 4.29. The molecule has 0 aliphatic carbocycles. The van der Waals surface area contributed by atoms with Gasteiger partial charge >= 0.3 is 0 Å². The molecule has 2 aliphatic heterocycles. The summed E-state index contributed by atoms with van der Waals surface area (Å²) < 4.78 is 10.8. The first-order chi connectivity index (χ1) is 14.4. The van der Waals surface area contributed by atoms with E-state index in [1.165, 1.54) is 16.8 Å². The van der Waals surface area contributed by atoms with Crippen molar-refractivity contribution in [1.82, 2.24) is 5.32 Å². The zero-order valence-electron chi connectivity index (χ0n) is 18.4. The van der Waals surface area contributed by atoms with E-state index in [1.54, 1.807) is 14.2 Å². The Morgan fingerprint density at radius 3 is 2.57 bits per heavy atom. The Morgan fingerprint density at radius 2 is 1.87 bits per heavy atom. The number of amides is 1. The topological polar surface area (TPSA) is 50.8 Å². The third-order valence-electron chi connectivity index (χ3n) is 6.63. The van der Waals surface area contributed by atoms with Crippen LogP contribution in [-0.2, 0) is 16.6 Å². The molecule has 2 aromatic rings. The number of ether oxygens (including phenoxy) is 2. The van der Waals surface area contributed by atoms with Gasteiger partial charge < -0.3 is 19.7 Å². The Kier molecular flexibility index (Phi) is 5.00. The summed E-state index contributed by atoms with van der Waals surface area (Å²) >= 11 is 0. The van der Waals surface area contributed by atoms with Crippen LogP contribution in [-0.4, -0.2) is 32.3 Å². The number of methoxy groups -OCH3 is 2. The van der Waals surface area contributed by atoms with E-state index in [0.717, 1.165) is 12.0 Å². The number of benzene rings is 2. The fourth-order valence-corrected chi connectivity index (χ4v) is 4.79. The summed E-state index contributed by atoms with van der Waals surface area (Å²) in [5, 5.41) is 3.33. The molecule has 4 rings (SSSR count). The zero-order chi connectivity index (χ0) is 21.5. The molecular formula is C25H30N2O3. The number of nitrogens with one attached hydrogen (secondary N) is 1. The van der Waals surface area contributed by atoms with E-state index in [9.17, 15) is 4.79 Å². The van der Waals surface area contributed by atoms with Gasteiger partial charge in [-0.1, -0.05) is 45.0 Å². The van der Waals surface area contributed by atoms with Gasteiger partial charge in [0.25, 0.3) is 0 Å². The Hall–Kier alpha value is -2.95. The normalized spacial score (nSPS) is 21.9. The molecule has 0 aromatic heterocycles. The Bertz CT molecular complexity index is 1010. The van der Waals surface area contributed by atoms with Crippen LogP contribution in [0, 0.1) is 0 Å². The fraction of sp³-hybridized carbons (Fsp3) is 0.400. The highest BCUT2D eigenvalue weighted by Crippen LogP contribution is 2.52. The Balaban J connectivity index is 1.81. The molecule has 0 saturated carbocycles. The number of carbonyl (C=O) groups is 1. The highest BCUT2D eigenvalue weighted by molar-refractivity contribution is 5.84. The number of hydrogen-bond donors (Lipinski definition) is 1. The molecule has 5 nitrogen and oxygen atoms in total. The lowest BCUT2D eigenvalue weighted by molar-refractivity contribution is -0.124. The van der Waals surface area contributed by atoms with Gasteiger partial charge in [-0.05, 0) is 47.4 Å². The van der Waals surface area contributed by atoms with E-state index in [-0.39, 0.29) is 11.3 Å². The molecule has 0 bridgehead atoms. The largest absolute Gasteiger partial charge is 0.493 e. The van der Waals surface area contributed by atoms with Gasteiger partial charge in [-0.3, -0.25) is 4.79 Å². The van der Waals surface area contributed by atoms with Gasteiger partial charge in [0.2, 0.25) is 5.91 Å². The summed E-state index contributed by atoms with van der Waals surface area (Å²) in [4.78, 5) is 14.9. The molecule has 1 atom stereocenters. The summed E-state index contributed by atoms with van der Waals surface area (Å²) in [6.07, 6.45) is 5.69. The number of anilines is 1. The second-order valence-electron chi connectivity index (χ2n) is 8.49. The SMILES string of the molecule is CCc1ccc2c(c1)C(C)(C)[C@]1(/C=C/c3ccc(OC)c(OC)c3)NC(=O)CCN21. The summed E-state index contributed by atoms with van der Waals surface area (Å²) in [5.41, 5.74) is 3.87. The lowest BCUT2D eigenvalue weighted by Gasteiger charge is -2.49. The molecule has 1 N–H and O–H groups in total. The molecule has 158 valence electrons. The van der Waals surface area contributed by atoms with Crippen molar-refractivity contribution in [3.63, 3.8) is 0 Å². The van der Waals surface area contributed by atoms with Crippen molar-refractivity contribution in [2.24, 2.45) is 0 Å². The lowest BCUT2D eigenvalue weighted by Crippen LogP contribution is -2.68. The van der Waals surface area contributed by atoms with Crippen molar-refractivity contribution in [2.45, 2.75) is 44.7 Å². The summed E-state index contributed by atoms with van der Waals surface area (Å²) in [7, 11) is 3.26. The van der Waals surface area contributed by atoms with Gasteiger partial charge in [0.1, 0.15) is 5.66 Å². The van der Waals surface area contributed by atoms with Gasteiger partial charge in [-0.15, -0.1) is 0 Å². The van der Waals surface area contributed by atoms with Crippen LogP contribution in [0.1, 0.15) is 43.9 Å². The second kappa shape index (κ2) is 7.38. The van der Waals surface area contributed by atoms with Crippen LogP contribution in [0.25, 0.3) is 6.08 Å². The molecule has 2 aliphatic rings. The van der Waals surface area contributed by atoms with Crippen LogP contribution >= 0.6 is 0 Å². The van der Waals surface area contributed by atoms with Crippen LogP contribution in [0.3, 0.4) is 0 Å². The molecule has 0 radical (unpaired) electrons. The van der Waals surface area contributed by atoms with Crippen LogP contribution in [0.15, 0.2) is 42.5 Å². The van der Waals surface area contributed by atoms with Gasteiger partial charge in [0, 0.05) is 24.1 Å². The van der Waals surface area contributed by atoms with E-state index >= 15 is 0 Å². The maximum atomic E-state index is 12.6. The first kappa shape index (κ1) is 20.3. The van der Waals surface area contributed by atoms with Gasteiger partial charge in [0.15, 0.2) is 11.5 Å². The van der Waals surface area contributed by atoms with Crippen molar-refractivity contribution >= 4 is 17.7 Å². The minimum atomic E-state index is -0.621. The number of aryl methyl sites for hydroxylation is 1. The summed E-state index contributed by atoms with van der Waals surface area (Å²) in [6, 6.07) is 12.5. The maximum absolute atomic E-state index is 12.6. The number of carbonyl (C=O) groups excluding carboxylic acids is 1. The van der Waals surface area contributed by atoms with E-state index < -0.39 is 5.66 Å². The molecule has 0 unspecified atom stereocenters. The zero-order valence-corrected chi connectivity index (χ0v) is 18.4. The highest BCUT2D eigenvalue weighted by Gasteiger charge is 2.57. The molecular weight excluding hydrogens is 376 g/mol. The van der Waals surface area contributed by atoms with Crippen molar-refractivity contribution in [1.29, 1.82) is 0 Å². The Labute approximate surface area is 178 Å². The smallest absolute Gasteiger partial charge is 0.223 e. The van der Waals surface area contributed by atoms with Crippen molar-refractivity contribution < 1.29 is 14.3 Å².